The van der Waals surface area contributed by atoms with E-state index in [4.69, 9.17) is 21.4 Å². The number of hydrogen-bond acceptors (Lipinski definition) is 6. The Morgan fingerprint density at radius 1 is 0.613 bits per heavy atom. The molecule has 12 nitrogen and oxygen atoms in total. The maximum absolute atomic E-state index is 14.2. The van der Waals surface area contributed by atoms with Gasteiger partial charge in [0, 0.05) is 98.4 Å². The SMILES string of the molecule is CCn1c(-c2nc3cc(C(=O)N4C[C@@H](N)C[C@H](Cc5ccc6c(c5)cc(-c5nc7cc(C(=O)N8C[C@H](C)C[C@@H](N)C8)ccc7n5C)n6CC)C4)ccc3n2C)cc2ccccc21. The van der Waals surface area contributed by atoms with Gasteiger partial charge >= 0.3 is 0 Å². The summed E-state index contributed by atoms with van der Waals surface area (Å²) in [4.78, 5) is 41.8. The van der Waals surface area contributed by atoms with Crippen molar-refractivity contribution in [1.29, 1.82) is 0 Å². The predicted octanol–water partition coefficient (Wildman–Crippen LogP) is 7.58. The lowest BCUT2D eigenvalue weighted by molar-refractivity contribution is 0.0647. The van der Waals surface area contributed by atoms with E-state index < -0.39 is 0 Å². The second kappa shape index (κ2) is 15.6. The largest absolute Gasteiger partial charge is 0.338 e. The summed E-state index contributed by atoms with van der Waals surface area (Å²) < 4.78 is 8.85. The zero-order valence-corrected chi connectivity index (χ0v) is 36.4. The summed E-state index contributed by atoms with van der Waals surface area (Å²) >= 11 is 0. The number of nitrogens with two attached hydrogens (primary N) is 2. The van der Waals surface area contributed by atoms with E-state index in [0.717, 1.165) is 94.9 Å². The van der Waals surface area contributed by atoms with Crippen molar-refractivity contribution >= 4 is 55.7 Å². The average Bonchev–Trinajstić information content (AvgIpc) is 4.01. The van der Waals surface area contributed by atoms with Gasteiger partial charge in [-0.1, -0.05) is 31.2 Å². The highest BCUT2D eigenvalue weighted by atomic mass is 16.2. The Hall–Kier alpha value is -6.24. The third-order valence-corrected chi connectivity index (χ3v) is 13.5. The van der Waals surface area contributed by atoms with Gasteiger partial charge in [-0.2, -0.15) is 0 Å². The number of aryl methyl sites for hydroxylation is 4. The monoisotopic (exact) mass is 828 g/mol. The van der Waals surface area contributed by atoms with Gasteiger partial charge in [0.1, 0.15) is 0 Å². The molecule has 318 valence electrons. The highest BCUT2D eigenvalue weighted by molar-refractivity contribution is 5.99. The molecular formula is C50H56N10O2. The molecule has 2 aliphatic rings. The highest BCUT2D eigenvalue weighted by Gasteiger charge is 2.31. The summed E-state index contributed by atoms with van der Waals surface area (Å²) in [6.07, 6.45) is 2.61. The van der Waals surface area contributed by atoms with Gasteiger partial charge in [-0.05, 0) is 117 Å². The second-order valence-electron chi connectivity index (χ2n) is 18.0. The van der Waals surface area contributed by atoms with Crippen molar-refractivity contribution in [2.45, 2.75) is 65.2 Å². The molecule has 2 amide bonds. The van der Waals surface area contributed by atoms with Gasteiger partial charge in [0.05, 0.1) is 33.5 Å². The van der Waals surface area contributed by atoms with E-state index in [0.29, 0.717) is 36.7 Å². The van der Waals surface area contributed by atoms with Gasteiger partial charge in [-0.3, -0.25) is 9.59 Å². The maximum atomic E-state index is 14.2. The number of para-hydroxylation sites is 1. The Bertz CT molecular complexity index is 3030. The number of piperidine rings is 2. The summed E-state index contributed by atoms with van der Waals surface area (Å²) in [5, 5.41) is 2.33. The van der Waals surface area contributed by atoms with Crippen molar-refractivity contribution in [2.24, 2.45) is 37.4 Å². The molecule has 0 unspecified atom stereocenters. The minimum Gasteiger partial charge on any atom is -0.338 e. The Morgan fingerprint density at radius 2 is 1.15 bits per heavy atom. The average molecular weight is 829 g/mol. The van der Waals surface area contributed by atoms with Gasteiger partial charge in [-0.15, -0.1) is 0 Å². The highest BCUT2D eigenvalue weighted by Crippen LogP contribution is 2.34. The summed E-state index contributed by atoms with van der Waals surface area (Å²) in [6, 6.07) is 31.2. The van der Waals surface area contributed by atoms with Crippen molar-refractivity contribution in [3.05, 3.63) is 108 Å². The normalized spacial score (nSPS) is 19.7. The van der Waals surface area contributed by atoms with Crippen LogP contribution in [0.3, 0.4) is 0 Å². The van der Waals surface area contributed by atoms with Crippen LogP contribution >= 0.6 is 0 Å². The van der Waals surface area contributed by atoms with Crippen LogP contribution in [0.2, 0.25) is 0 Å². The Morgan fingerprint density at radius 3 is 1.74 bits per heavy atom. The lowest BCUT2D eigenvalue weighted by Crippen LogP contribution is -2.49. The molecule has 4 aromatic carbocycles. The molecule has 6 heterocycles. The van der Waals surface area contributed by atoms with Crippen LogP contribution in [0.4, 0.5) is 0 Å². The minimum absolute atomic E-state index is 0.00438. The summed E-state index contributed by atoms with van der Waals surface area (Å²) in [6.45, 7) is 10.5. The summed E-state index contributed by atoms with van der Waals surface area (Å²) in [5.41, 5.74) is 23.4. The molecule has 0 aliphatic carbocycles. The van der Waals surface area contributed by atoms with Gasteiger partial charge in [0.2, 0.25) is 0 Å². The van der Waals surface area contributed by atoms with Crippen molar-refractivity contribution in [2.75, 3.05) is 26.2 Å². The Labute approximate surface area is 361 Å². The van der Waals surface area contributed by atoms with E-state index in [1.165, 1.54) is 16.5 Å². The van der Waals surface area contributed by atoms with Crippen LogP contribution in [0.25, 0.3) is 66.9 Å². The zero-order valence-electron chi connectivity index (χ0n) is 36.4. The number of amides is 2. The first kappa shape index (κ1) is 39.9. The van der Waals surface area contributed by atoms with Crippen LogP contribution in [0, 0.1) is 11.8 Å². The first-order valence-corrected chi connectivity index (χ1v) is 22.2. The molecule has 4 atom stereocenters. The molecule has 0 bridgehead atoms. The quantitative estimate of drug-likeness (QED) is 0.162. The first-order chi connectivity index (χ1) is 30.0. The van der Waals surface area contributed by atoms with E-state index in [2.05, 4.69) is 93.6 Å². The van der Waals surface area contributed by atoms with E-state index in [1.807, 2.05) is 60.3 Å². The Kier molecular flexibility index (Phi) is 10.0. The second-order valence-corrected chi connectivity index (χ2v) is 18.0. The molecule has 0 spiro atoms. The fourth-order valence-electron chi connectivity index (χ4n) is 10.7. The fraction of sp³-hybridized carbons (Fsp3) is 0.360. The van der Waals surface area contributed by atoms with Crippen LogP contribution < -0.4 is 11.5 Å². The number of benzene rings is 4. The van der Waals surface area contributed by atoms with E-state index in [1.54, 1.807) is 0 Å². The number of carbonyl (C=O) groups is 2. The fourth-order valence-corrected chi connectivity index (χ4v) is 10.7. The van der Waals surface area contributed by atoms with Crippen molar-refractivity contribution < 1.29 is 9.59 Å². The Balaban J connectivity index is 0.879. The van der Waals surface area contributed by atoms with Crippen LogP contribution in [0.15, 0.2) is 91.0 Å². The van der Waals surface area contributed by atoms with Crippen LogP contribution in [-0.2, 0) is 33.6 Å². The molecular weight excluding hydrogens is 773 g/mol. The third kappa shape index (κ3) is 6.85. The molecule has 10 rings (SSSR count). The number of nitrogens with zero attached hydrogens (tertiary/aromatic N) is 8. The molecule has 12 heteroatoms. The lowest BCUT2D eigenvalue weighted by Gasteiger charge is -2.36. The maximum Gasteiger partial charge on any atom is 0.253 e. The first-order valence-electron chi connectivity index (χ1n) is 22.2. The van der Waals surface area contributed by atoms with Gasteiger partial charge in [0.25, 0.3) is 11.8 Å². The molecule has 0 radical (unpaired) electrons. The van der Waals surface area contributed by atoms with E-state index in [9.17, 15) is 9.59 Å². The number of carbonyl (C=O) groups excluding carboxylic acids is 2. The van der Waals surface area contributed by atoms with Crippen LogP contribution in [0.1, 0.15) is 59.9 Å². The number of aromatic nitrogens is 6. The smallest absolute Gasteiger partial charge is 0.253 e. The molecule has 0 saturated carbocycles. The number of rotatable bonds is 8. The van der Waals surface area contributed by atoms with Crippen molar-refractivity contribution in [3.8, 4) is 23.0 Å². The van der Waals surface area contributed by atoms with E-state index in [-0.39, 0.29) is 29.8 Å². The lowest BCUT2D eigenvalue weighted by atomic mass is 9.88. The molecule has 4 N–H and O–H groups in total. The molecule has 2 saturated heterocycles. The van der Waals surface area contributed by atoms with Gasteiger partial charge < -0.3 is 39.5 Å². The number of fused-ring (bicyclic) bond motifs is 4. The minimum atomic E-state index is -0.107. The van der Waals surface area contributed by atoms with E-state index >= 15 is 0 Å². The number of likely N-dealkylation sites (tertiary alicyclic amines) is 2. The van der Waals surface area contributed by atoms with Gasteiger partial charge in [0.15, 0.2) is 11.6 Å². The van der Waals surface area contributed by atoms with Crippen LogP contribution in [-0.4, -0.2) is 88.1 Å². The predicted molar refractivity (Wildman–Crippen MR) is 248 cm³/mol. The third-order valence-electron chi connectivity index (χ3n) is 13.5. The molecule has 8 aromatic rings. The number of hydrogen-bond donors (Lipinski definition) is 2. The van der Waals surface area contributed by atoms with Crippen molar-refractivity contribution in [3.63, 3.8) is 0 Å². The number of imidazole rings is 2. The van der Waals surface area contributed by atoms with Gasteiger partial charge in [-0.25, -0.2) is 9.97 Å². The molecule has 2 aliphatic heterocycles. The standard InChI is InChI=1S/C50H56N10O2/c1-6-59-41-11-9-8-10-33(41)24-45(59)47-53-40-23-35(14-17-43(40)55(47)4)50(62)58-27-32(21-38(52)29-58)19-31-12-15-42-36(20-31)25-46(60(42)7-2)48-54-39-22-34(13-16-44(39)56(48)5)49(61)57-26-30(3)18-37(51)28-57/h8-17,20,22-25,30,32,37-38H,6-7,18-19,21,26-29,51-52H2,1-5H3/t30-,32+,37-,38+/m1/s1. The zero-order chi connectivity index (χ0) is 43.0. The summed E-state index contributed by atoms with van der Waals surface area (Å²) in [7, 11) is 4.08. The molecule has 2 fully saturated rings. The summed E-state index contributed by atoms with van der Waals surface area (Å²) in [5.74, 6) is 2.33. The molecule has 62 heavy (non-hydrogen) atoms. The van der Waals surface area contributed by atoms with Crippen molar-refractivity contribution in [1.82, 2.24) is 38.0 Å². The molecule has 4 aromatic heterocycles. The topological polar surface area (TPSA) is 138 Å². The van der Waals surface area contributed by atoms with Crippen LogP contribution in [0.5, 0.6) is 0 Å².